The third-order valence-corrected chi connectivity index (χ3v) is 3.21. The molecule has 2 rings (SSSR count). The third kappa shape index (κ3) is 2.60. The highest BCUT2D eigenvalue weighted by molar-refractivity contribution is 9.10. The Morgan fingerprint density at radius 1 is 1.39 bits per heavy atom. The van der Waals surface area contributed by atoms with Crippen molar-refractivity contribution >= 4 is 21.8 Å². The van der Waals surface area contributed by atoms with Gasteiger partial charge in [-0.3, -0.25) is 9.48 Å². The minimum Gasteiger partial charge on any atom is -0.366 e. The Balaban J connectivity index is 2.32. The van der Waals surface area contributed by atoms with E-state index in [1.54, 1.807) is 10.9 Å². The molecule has 0 aliphatic carbocycles. The van der Waals surface area contributed by atoms with Crippen LogP contribution in [0, 0.1) is 0 Å². The van der Waals surface area contributed by atoms with E-state index < -0.39 is 5.91 Å². The molecule has 6 heteroatoms. The van der Waals surface area contributed by atoms with E-state index in [4.69, 9.17) is 11.5 Å². The smallest absolute Gasteiger partial charge is 0.251 e. The summed E-state index contributed by atoms with van der Waals surface area (Å²) in [4.78, 5) is 11.0. The van der Waals surface area contributed by atoms with Gasteiger partial charge in [0.1, 0.15) is 0 Å². The Morgan fingerprint density at radius 2 is 2.06 bits per heavy atom. The average molecular weight is 309 g/mol. The van der Waals surface area contributed by atoms with Gasteiger partial charge in [0.05, 0.1) is 17.8 Å². The van der Waals surface area contributed by atoms with E-state index in [9.17, 15) is 4.79 Å². The van der Waals surface area contributed by atoms with Gasteiger partial charge in [-0.1, -0.05) is 28.1 Å². The van der Waals surface area contributed by atoms with Gasteiger partial charge in [0.2, 0.25) is 0 Å². The van der Waals surface area contributed by atoms with Crippen molar-refractivity contribution < 1.29 is 4.79 Å². The number of hydrogen-bond acceptors (Lipinski definition) is 3. The van der Waals surface area contributed by atoms with Gasteiger partial charge in [0, 0.05) is 17.2 Å². The van der Waals surface area contributed by atoms with Crippen molar-refractivity contribution in [1.82, 2.24) is 9.78 Å². The third-order valence-electron chi connectivity index (χ3n) is 2.68. The first-order valence-corrected chi connectivity index (χ1v) is 6.20. The first-order chi connectivity index (χ1) is 8.61. The molecule has 1 amide bonds. The predicted molar refractivity (Wildman–Crippen MR) is 72.1 cm³/mol. The normalized spacial score (nSPS) is 12.3. The summed E-state index contributed by atoms with van der Waals surface area (Å²) in [5, 5.41) is 4.13. The number of nitrogens with two attached hydrogens (primary N) is 2. The topological polar surface area (TPSA) is 86.9 Å². The van der Waals surface area contributed by atoms with Gasteiger partial charge in [-0.2, -0.15) is 5.10 Å². The fourth-order valence-corrected chi connectivity index (χ4v) is 1.98. The molecular formula is C12H13BrN4O. The number of aromatic nitrogens is 2. The Hall–Kier alpha value is -1.66. The summed E-state index contributed by atoms with van der Waals surface area (Å²) in [7, 11) is 0. The van der Waals surface area contributed by atoms with Crippen LogP contribution in [0.5, 0.6) is 0 Å². The molecule has 1 heterocycles. The van der Waals surface area contributed by atoms with Gasteiger partial charge in [-0.05, 0) is 17.7 Å². The number of amides is 1. The molecule has 4 N–H and O–H groups in total. The summed E-state index contributed by atoms with van der Waals surface area (Å²) in [5.41, 5.74) is 12.4. The molecule has 0 saturated carbocycles. The van der Waals surface area contributed by atoms with Gasteiger partial charge < -0.3 is 11.5 Å². The minimum absolute atomic E-state index is 0.105. The number of rotatable bonds is 4. The molecular weight excluding hydrogens is 296 g/mol. The van der Waals surface area contributed by atoms with E-state index in [1.807, 2.05) is 24.3 Å². The first-order valence-electron chi connectivity index (χ1n) is 5.41. The molecule has 1 aromatic carbocycles. The highest BCUT2D eigenvalue weighted by atomic mass is 79.9. The molecule has 94 valence electrons. The fraction of sp³-hybridized carbons (Fsp3) is 0.167. The molecule has 0 spiro atoms. The van der Waals surface area contributed by atoms with Crippen LogP contribution in [0.3, 0.4) is 0 Å². The highest BCUT2D eigenvalue weighted by Gasteiger charge is 2.14. The van der Waals surface area contributed by atoms with Crippen molar-refractivity contribution in [3.05, 3.63) is 52.3 Å². The zero-order chi connectivity index (χ0) is 13.1. The predicted octanol–water partition coefficient (Wildman–Crippen LogP) is 1.29. The minimum atomic E-state index is -0.493. The second-order valence-electron chi connectivity index (χ2n) is 3.88. The number of carbonyl (C=O) groups excluding carboxylic acids is 1. The van der Waals surface area contributed by atoms with Crippen LogP contribution >= 0.6 is 15.9 Å². The quantitative estimate of drug-likeness (QED) is 0.892. The summed E-state index contributed by atoms with van der Waals surface area (Å²) in [6.45, 7) is 0.390. The van der Waals surface area contributed by atoms with Crippen LogP contribution in [0.15, 0.2) is 41.1 Å². The molecule has 0 bridgehead atoms. The van der Waals surface area contributed by atoms with E-state index in [1.165, 1.54) is 6.20 Å². The van der Waals surface area contributed by atoms with Crippen molar-refractivity contribution in [2.24, 2.45) is 11.5 Å². The van der Waals surface area contributed by atoms with E-state index in [2.05, 4.69) is 21.0 Å². The van der Waals surface area contributed by atoms with Crippen molar-refractivity contribution in [3.8, 4) is 0 Å². The van der Waals surface area contributed by atoms with Crippen molar-refractivity contribution in [3.63, 3.8) is 0 Å². The van der Waals surface area contributed by atoms with E-state index in [0.29, 0.717) is 12.1 Å². The molecule has 0 aliphatic rings. The Morgan fingerprint density at radius 3 is 2.56 bits per heavy atom. The lowest BCUT2D eigenvalue weighted by Gasteiger charge is -2.15. The van der Waals surface area contributed by atoms with Crippen molar-refractivity contribution in [2.45, 2.75) is 6.04 Å². The number of nitrogens with zero attached hydrogens (tertiary/aromatic N) is 2. The summed E-state index contributed by atoms with van der Waals surface area (Å²) in [6, 6.07) is 7.71. The van der Waals surface area contributed by atoms with Crippen LogP contribution in [-0.4, -0.2) is 22.2 Å². The molecule has 0 radical (unpaired) electrons. The molecule has 5 nitrogen and oxygen atoms in total. The van der Waals surface area contributed by atoms with E-state index >= 15 is 0 Å². The summed E-state index contributed by atoms with van der Waals surface area (Å²) in [6.07, 6.45) is 3.06. The van der Waals surface area contributed by atoms with Gasteiger partial charge in [-0.15, -0.1) is 0 Å². The molecule has 1 unspecified atom stereocenters. The zero-order valence-electron chi connectivity index (χ0n) is 9.58. The second kappa shape index (κ2) is 5.32. The van der Waals surface area contributed by atoms with Crippen LogP contribution in [-0.2, 0) is 0 Å². The van der Waals surface area contributed by atoms with Gasteiger partial charge in [0.25, 0.3) is 5.91 Å². The van der Waals surface area contributed by atoms with Gasteiger partial charge in [0.15, 0.2) is 0 Å². The van der Waals surface area contributed by atoms with Gasteiger partial charge >= 0.3 is 0 Å². The fourth-order valence-electron chi connectivity index (χ4n) is 1.72. The lowest BCUT2D eigenvalue weighted by molar-refractivity contribution is 0.1000. The Labute approximate surface area is 113 Å². The Kier molecular flexibility index (Phi) is 3.78. The summed E-state index contributed by atoms with van der Waals surface area (Å²) in [5.74, 6) is -0.493. The largest absolute Gasteiger partial charge is 0.366 e. The van der Waals surface area contributed by atoms with Gasteiger partial charge in [-0.25, -0.2) is 0 Å². The maximum Gasteiger partial charge on any atom is 0.251 e. The summed E-state index contributed by atoms with van der Waals surface area (Å²) >= 11 is 3.38. The first kappa shape index (κ1) is 12.8. The van der Waals surface area contributed by atoms with Crippen LogP contribution in [0.2, 0.25) is 0 Å². The Bertz CT molecular complexity index is 549. The number of carbonyl (C=O) groups is 1. The highest BCUT2D eigenvalue weighted by Crippen LogP contribution is 2.19. The number of benzene rings is 1. The van der Waals surface area contributed by atoms with Crippen LogP contribution in [0.1, 0.15) is 22.0 Å². The molecule has 1 aromatic heterocycles. The molecule has 2 aromatic rings. The standard InChI is InChI=1S/C12H13BrN4O/c13-10-3-1-8(2-4-10)11(5-14)17-7-9(6-16-17)12(15)18/h1-4,6-7,11H,5,14H2,(H2,15,18). The van der Waals surface area contributed by atoms with Crippen molar-refractivity contribution in [1.29, 1.82) is 0 Å². The van der Waals surface area contributed by atoms with Crippen LogP contribution in [0.4, 0.5) is 0 Å². The molecule has 18 heavy (non-hydrogen) atoms. The number of primary amides is 1. The SMILES string of the molecule is NCC(c1ccc(Br)cc1)n1cc(C(N)=O)cn1. The monoisotopic (exact) mass is 308 g/mol. The van der Waals surface area contributed by atoms with Crippen LogP contribution < -0.4 is 11.5 Å². The molecule has 1 atom stereocenters. The number of hydrogen-bond donors (Lipinski definition) is 2. The van der Waals surface area contributed by atoms with Crippen LogP contribution in [0.25, 0.3) is 0 Å². The van der Waals surface area contributed by atoms with Crippen molar-refractivity contribution in [2.75, 3.05) is 6.54 Å². The lowest BCUT2D eigenvalue weighted by atomic mass is 10.1. The average Bonchev–Trinajstić information content (AvgIpc) is 2.82. The molecule has 0 saturated heterocycles. The summed E-state index contributed by atoms with van der Waals surface area (Å²) < 4.78 is 2.66. The second-order valence-corrected chi connectivity index (χ2v) is 4.79. The molecule has 0 aliphatic heterocycles. The maximum atomic E-state index is 11.0. The number of halogens is 1. The van der Waals surface area contributed by atoms with E-state index in [0.717, 1.165) is 10.0 Å². The van der Waals surface area contributed by atoms with E-state index in [-0.39, 0.29) is 6.04 Å². The zero-order valence-corrected chi connectivity index (χ0v) is 11.2. The maximum absolute atomic E-state index is 11.0. The lowest BCUT2D eigenvalue weighted by Crippen LogP contribution is -2.21. The molecule has 0 fully saturated rings.